The van der Waals surface area contributed by atoms with Crippen LogP contribution in [0.3, 0.4) is 0 Å². The van der Waals surface area contributed by atoms with E-state index in [-0.39, 0.29) is 47.2 Å². The van der Waals surface area contributed by atoms with Gasteiger partial charge in [-0.15, -0.1) is 0 Å². The van der Waals surface area contributed by atoms with Gasteiger partial charge in [0.15, 0.2) is 17.4 Å². The van der Waals surface area contributed by atoms with Crippen molar-refractivity contribution in [1.29, 1.82) is 0 Å². The average Bonchev–Trinajstić information content (AvgIpc) is 3.27. The molecule has 1 saturated heterocycles. The van der Waals surface area contributed by atoms with E-state index in [9.17, 15) is 23.2 Å². The molecular weight excluding hydrogens is 498 g/mol. The molecule has 0 aliphatic carbocycles. The second kappa shape index (κ2) is 11.0. The fourth-order valence-corrected chi connectivity index (χ4v) is 4.30. The third-order valence-electron chi connectivity index (χ3n) is 6.47. The number of nitrogens with zero attached hydrogens (tertiary/aromatic N) is 3. The number of carbonyl (C=O) groups excluding carboxylic acids is 3. The zero-order chi connectivity index (χ0) is 27.6. The molecule has 0 radical (unpaired) electrons. The van der Waals surface area contributed by atoms with Gasteiger partial charge in [-0.1, -0.05) is 6.92 Å². The van der Waals surface area contributed by atoms with E-state index in [0.717, 1.165) is 0 Å². The van der Waals surface area contributed by atoms with Gasteiger partial charge in [-0.05, 0) is 42.3 Å². The SMILES string of the molecule is CCc1cc(NC(=O)c2ncc(-c3ccc(OC)c(F)c3F)n2C)ccc1C(=O)NC1CN(C(=O)CN)C1. The second-order valence-corrected chi connectivity index (χ2v) is 8.82. The molecule has 2 aromatic carbocycles. The maximum Gasteiger partial charge on any atom is 0.291 e. The monoisotopic (exact) mass is 526 g/mol. The van der Waals surface area contributed by atoms with Crippen molar-refractivity contribution in [3.63, 3.8) is 0 Å². The Kier molecular flexibility index (Phi) is 7.72. The van der Waals surface area contributed by atoms with Crippen molar-refractivity contribution in [2.45, 2.75) is 19.4 Å². The standard InChI is InChI=1S/C26H28F2N6O4/c1-4-14-9-15(5-6-17(14)25(36)32-16-12-34(13-16)21(35)10-29)31-26(37)24-30-11-19(33(24)2)18-7-8-20(38-3)23(28)22(18)27/h5-9,11,16H,4,10,12-13,29H2,1-3H3,(H,31,37)(H,32,36). The number of likely N-dealkylation sites (tertiary alicyclic amines) is 1. The molecule has 0 atom stereocenters. The number of hydrogen-bond donors (Lipinski definition) is 3. The third-order valence-corrected chi connectivity index (χ3v) is 6.47. The van der Waals surface area contributed by atoms with Crippen molar-refractivity contribution < 1.29 is 27.9 Å². The van der Waals surface area contributed by atoms with Crippen LogP contribution in [0.2, 0.25) is 0 Å². The van der Waals surface area contributed by atoms with Gasteiger partial charge in [0.1, 0.15) is 0 Å². The zero-order valence-corrected chi connectivity index (χ0v) is 21.2. The van der Waals surface area contributed by atoms with E-state index < -0.39 is 17.5 Å². The Labute approximate surface area is 217 Å². The average molecular weight is 527 g/mol. The van der Waals surface area contributed by atoms with Crippen LogP contribution in [-0.2, 0) is 18.3 Å². The van der Waals surface area contributed by atoms with Crippen LogP contribution < -0.4 is 21.1 Å². The number of rotatable bonds is 8. The number of carbonyl (C=O) groups is 3. The highest BCUT2D eigenvalue weighted by atomic mass is 19.2. The number of imidazole rings is 1. The van der Waals surface area contributed by atoms with Gasteiger partial charge < -0.3 is 30.6 Å². The summed E-state index contributed by atoms with van der Waals surface area (Å²) in [6.45, 7) is 2.65. The Bertz CT molecular complexity index is 1400. The number of nitrogens with one attached hydrogen (secondary N) is 2. The molecule has 0 unspecified atom stereocenters. The minimum Gasteiger partial charge on any atom is -0.494 e. The van der Waals surface area contributed by atoms with Crippen LogP contribution in [0.1, 0.15) is 33.5 Å². The van der Waals surface area contributed by atoms with Crippen LogP contribution >= 0.6 is 0 Å². The van der Waals surface area contributed by atoms with Gasteiger partial charge in [-0.3, -0.25) is 14.4 Å². The van der Waals surface area contributed by atoms with Crippen LogP contribution in [0.15, 0.2) is 36.5 Å². The molecule has 0 spiro atoms. The predicted molar refractivity (Wildman–Crippen MR) is 136 cm³/mol. The van der Waals surface area contributed by atoms with Gasteiger partial charge in [0, 0.05) is 37.0 Å². The predicted octanol–water partition coefficient (Wildman–Crippen LogP) is 2.09. The first-order chi connectivity index (χ1) is 18.2. The number of amides is 3. The van der Waals surface area contributed by atoms with Crippen molar-refractivity contribution in [3.05, 3.63) is 65.1 Å². The number of nitrogens with two attached hydrogens (primary N) is 1. The van der Waals surface area contributed by atoms with Crippen molar-refractivity contribution in [2.24, 2.45) is 12.8 Å². The minimum atomic E-state index is -1.13. The molecule has 10 nitrogen and oxygen atoms in total. The van der Waals surface area contributed by atoms with E-state index in [1.165, 1.54) is 37.1 Å². The summed E-state index contributed by atoms with van der Waals surface area (Å²) in [5, 5.41) is 5.64. The summed E-state index contributed by atoms with van der Waals surface area (Å²) in [6, 6.07) is 7.41. The summed E-state index contributed by atoms with van der Waals surface area (Å²) < 4.78 is 34.9. The Balaban J connectivity index is 1.47. The lowest BCUT2D eigenvalue weighted by Crippen LogP contribution is -2.62. The van der Waals surface area contributed by atoms with Gasteiger partial charge in [0.25, 0.3) is 11.8 Å². The minimum absolute atomic E-state index is 0.0166. The number of halogens is 2. The number of aryl methyl sites for hydroxylation is 1. The highest BCUT2D eigenvalue weighted by molar-refractivity contribution is 6.03. The fraction of sp³-hybridized carbons (Fsp3) is 0.308. The first-order valence-electron chi connectivity index (χ1n) is 12.0. The summed E-state index contributed by atoms with van der Waals surface area (Å²) in [7, 11) is 2.76. The summed E-state index contributed by atoms with van der Waals surface area (Å²) in [6.07, 6.45) is 1.82. The molecule has 3 amide bonds. The van der Waals surface area contributed by atoms with Crippen LogP contribution in [0, 0.1) is 11.6 Å². The van der Waals surface area contributed by atoms with Gasteiger partial charge in [0.05, 0.1) is 31.6 Å². The quantitative estimate of drug-likeness (QED) is 0.412. The lowest BCUT2D eigenvalue weighted by molar-refractivity contribution is -0.134. The van der Waals surface area contributed by atoms with E-state index in [2.05, 4.69) is 15.6 Å². The van der Waals surface area contributed by atoms with Gasteiger partial charge in [-0.25, -0.2) is 9.37 Å². The van der Waals surface area contributed by atoms with Crippen LogP contribution in [0.5, 0.6) is 5.75 Å². The van der Waals surface area contributed by atoms with Crippen LogP contribution in [-0.4, -0.2) is 65.0 Å². The molecular formula is C26H28F2N6O4. The molecule has 3 aromatic rings. The molecule has 0 saturated carbocycles. The summed E-state index contributed by atoms with van der Waals surface area (Å²) in [4.78, 5) is 43.0. The van der Waals surface area contributed by atoms with E-state index in [1.807, 2.05) is 6.92 Å². The molecule has 12 heteroatoms. The highest BCUT2D eigenvalue weighted by Crippen LogP contribution is 2.30. The molecule has 200 valence electrons. The molecule has 2 heterocycles. The Hall–Kier alpha value is -4.32. The number of ether oxygens (including phenoxy) is 1. The molecule has 4 rings (SSSR count). The zero-order valence-electron chi connectivity index (χ0n) is 21.2. The molecule has 4 N–H and O–H groups in total. The first-order valence-corrected chi connectivity index (χ1v) is 12.0. The Morgan fingerprint density at radius 3 is 2.53 bits per heavy atom. The Morgan fingerprint density at radius 2 is 1.87 bits per heavy atom. The molecule has 1 fully saturated rings. The second-order valence-electron chi connectivity index (χ2n) is 8.82. The van der Waals surface area contributed by atoms with E-state index >= 15 is 0 Å². The summed E-state index contributed by atoms with van der Waals surface area (Å²) in [5.74, 6) is -3.48. The largest absolute Gasteiger partial charge is 0.494 e. The van der Waals surface area contributed by atoms with Crippen LogP contribution in [0.25, 0.3) is 11.3 Å². The maximum atomic E-state index is 14.6. The maximum absolute atomic E-state index is 14.6. The van der Waals surface area contributed by atoms with Crippen molar-refractivity contribution in [3.8, 4) is 17.0 Å². The molecule has 1 aromatic heterocycles. The van der Waals surface area contributed by atoms with E-state index in [4.69, 9.17) is 10.5 Å². The smallest absolute Gasteiger partial charge is 0.291 e. The van der Waals surface area contributed by atoms with E-state index in [0.29, 0.717) is 36.3 Å². The van der Waals surface area contributed by atoms with Gasteiger partial charge in [-0.2, -0.15) is 4.39 Å². The summed E-state index contributed by atoms with van der Waals surface area (Å²) in [5.41, 5.74) is 7.11. The molecule has 0 bridgehead atoms. The normalized spacial score (nSPS) is 13.2. The van der Waals surface area contributed by atoms with E-state index in [1.54, 1.807) is 23.1 Å². The summed E-state index contributed by atoms with van der Waals surface area (Å²) >= 11 is 0. The fourth-order valence-electron chi connectivity index (χ4n) is 4.30. The molecule has 1 aliphatic heterocycles. The number of methoxy groups -OCH3 is 1. The lowest BCUT2D eigenvalue weighted by Gasteiger charge is -2.39. The third kappa shape index (κ3) is 5.07. The molecule has 1 aliphatic rings. The van der Waals surface area contributed by atoms with Crippen molar-refractivity contribution in [2.75, 3.05) is 32.1 Å². The highest BCUT2D eigenvalue weighted by Gasteiger charge is 2.31. The van der Waals surface area contributed by atoms with Crippen molar-refractivity contribution >= 4 is 23.4 Å². The van der Waals surface area contributed by atoms with Crippen LogP contribution in [0.4, 0.5) is 14.5 Å². The van der Waals surface area contributed by atoms with Crippen molar-refractivity contribution in [1.82, 2.24) is 19.8 Å². The van der Waals surface area contributed by atoms with Gasteiger partial charge >= 0.3 is 0 Å². The Morgan fingerprint density at radius 1 is 1.13 bits per heavy atom. The molecule has 38 heavy (non-hydrogen) atoms. The number of benzene rings is 2. The topological polar surface area (TPSA) is 132 Å². The lowest BCUT2D eigenvalue weighted by atomic mass is 10.0. The number of anilines is 1. The van der Waals surface area contributed by atoms with Gasteiger partial charge in [0.2, 0.25) is 11.7 Å². The number of aromatic nitrogens is 2. The first kappa shape index (κ1) is 26.7. The number of hydrogen-bond acceptors (Lipinski definition) is 6.